The molecule has 0 radical (unpaired) electrons. The molecular formula is C14H10N6O5. The Morgan fingerprint density at radius 2 is 1.96 bits per heavy atom. The number of hydrogen-bond acceptors (Lipinski definition) is 8. The fourth-order valence-electron chi connectivity index (χ4n) is 2.88. The number of imidazole rings is 1. The normalized spacial score (nSPS) is 15.7. The summed E-state index contributed by atoms with van der Waals surface area (Å²) < 4.78 is 6.75. The van der Waals surface area contributed by atoms with Crippen molar-refractivity contribution < 1.29 is 14.3 Å². The van der Waals surface area contributed by atoms with Gasteiger partial charge in [-0.1, -0.05) is 0 Å². The van der Waals surface area contributed by atoms with Gasteiger partial charge in [0.25, 0.3) is 5.69 Å². The van der Waals surface area contributed by atoms with Crippen LogP contribution in [0.15, 0.2) is 32.6 Å². The third-order valence-electron chi connectivity index (χ3n) is 3.91. The lowest BCUT2D eigenvalue weighted by Gasteiger charge is -1.98. The van der Waals surface area contributed by atoms with Gasteiger partial charge in [-0.25, -0.2) is 4.98 Å². The summed E-state index contributed by atoms with van der Waals surface area (Å²) in [5, 5.41) is 23.2. The summed E-state index contributed by atoms with van der Waals surface area (Å²) >= 11 is 0. The van der Waals surface area contributed by atoms with Crippen LogP contribution in [0.3, 0.4) is 0 Å². The fraction of sp³-hybridized carbons (Fsp3) is 0.214. The molecule has 0 saturated carbocycles. The Morgan fingerprint density at radius 3 is 2.60 bits per heavy atom. The molecule has 3 heterocycles. The molecule has 1 unspecified atom stereocenters. The van der Waals surface area contributed by atoms with Crippen molar-refractivity contribution in [3.05, 3.63) is 49.1 Å². The first-order valence-electron chi connectivity index (χ1n) is 7.21. The van der Waals surface area contributed by atoms with Gasteiger partial charge in [0, 0.05) is 13.1 Å². The second-order valence-corrected chi connectivity index (χ2v) is 5.50. The van der Waals surface area contributed by atoms with E-state index in [1.54, 1.807) is 18.5 Å². The SMILES string of the molecule is CC1N=c2cc([N+](=O)[O-])c3nc(-c4ccc([N+](=O)[O-])o4)n(C)c3c2=N1. The maximum absolute atomic E-state index is 11.4. The van der Waals surface area contributed by atoms with Crippen molar-refractivity contribution in [2.24, 2.45) is 17.0 Å². The average molecular weight is 342 g/mol. The summed E-state index contributed by atoms with van der Waals surface area (Å²) in [6, 6.07) is 3.94. The topological polar surface area (TPSA) is 142 Å². The van der Waals surface area contributed by atoms with E-state index in [1.165, 1.54) is 18.2 Å². The van der Waals surface area contributed by atoms with E-state index in [9.17, 15) is 20.2 Å². The highest BCUT2D eigenvalue weighted by molar-refractivity contribution is 5.87. The van der Waals surface area contributed by atoms with Gasteiger partial charge in [0.2, 0.25) is 0 Å². The molecule has 1 aromatic carbocycles. The molecule has 1 aliphatic rings. The van der Waals surface area contributed by atoms with Crippen LogP contribution >= 0.6 is 0 Å². The first-order chi connectivity index (χ1) is 11.9. The van der Waals surface area contributed by atoms with Crippen molar-refractivity contribution in [3.8, 4) is 11.6 Å². The predicted octanol–water partition coefficient (Wildman–Crippen LogP) is 1.25. The number of nitro benzene ring substituents is 1. The van der Waals surface area contributed by atoms with Crippen molar-refractivity contribution in [1.29, 1.82) is 0 Å². The number of nitro groups is 2. The highest BCUT2D eigenvalue weighted by Crippen LogP contribution is 2.30. The zero-order valence-corrected chi connectivity index (χ0v) is 13.0. The second-order valence-electron chi connectivity index (χ2n) is 5.50. The highest BCUT2D eigenvalue weighted by Gasteiger charge is 2.26. The molecule has 4 rings (SSSR count). The molecule has 2 aromatic heterocycles. The average Bonchev–Trinajstić information content (AvgIpc) is 3.22. The van der Waals surface area contributed by atoms with Gasteiger partial charge >= 0.3 is 5.88 Å². The van der Waals surface area contributed by atoms with Gasteiger partial charge < -0.3 is 8.98 Å². The molecule has 0 bridgehead atoms. The van der Waals surface area contributed by atoms with Crippen molar-refractivity contribution in [1.82, 2.24) is 9.55 Å². The van der Waals surface area contributed by atoms with E-state index in [1.807, 2.05) is 0 Å². The van der Waals surface area contributed by atoms with Crippen LogP contribution in [-0.2, 0) is 7.05 Å². The molecule has 126 valence electrons. The number of hydrogen-bond donors (Lipinski definition) is 0. The Labute approximate surface area is 138 Å². The van der Waals surface area contributed by atoms with Crippen molar-refractivity contribution in [3.63, 3.8) is 0 Å². The van der Waals surface area contributed by atoms with Crippen LogP contribution in [0.1, 0.15) is 6.92 Å². The fourth-order valence-corrected chi connectivity index (χ4v) is 2.88. The number of non-ortho nitro benzene ring substituents is 1. The third kappa shape index (κ3) is 2.09. The smallest absolute Gasteiger partial charge is 0.397 e. The quantitative estimate of drug-likeness (QED) is 0.518. The molecule has 11 nitrogen and oxygen atoms in total. The summed E-state index contributed by atoms with van der Waals surface area (Å²) in [5.41, 5.74) is 0.365. The van der Waals surface area contributed by atoms with E-state index in [2.05, 4.69) is 15.0 Å². The van der Waals surface area contributed by atoms with Crippen molar-refractivity contribution >= 4 is 22.6 Å². The minimum Gasteiger partial charge on any atom is -0.397 e. The first kappa shape index (κ1) is 14.9. The zero-order valence-electron chi connectivity index (χ0n) is 13.0. The molecule has 11 heteroatoms. The van der Waals surface area contributed by atoms with Crippen LogP contribution in [0.25, 0.3) is 22.6 Å². The number of benzene rings is 1. The van der Waals surface area contributed by atoms with E-state index in [0.717, 1.165) is 0 Å². The van der Waals surface area contributed by atoms with Crippen LogP contribution in [-0.4, -0.2) is 25.6 Å². The van der Waals surface area contributed by atoms with Crippen LogP contribution in [0.5, 0.6) is 0 Å². The van der Waals surface area contributed by atoms with Gasteiger partial charge in [0.05, 0.1) is 16.3 Å². The highest BCUT2D eigenvalue weighted by atomic mass is 16.6. The molecule has 25 heavy (non-hydrogen) atoms. The van der Waals surface area contributed by atoms with Gasteiger partial charge in [0.15, 0.2) is 17.1 Å². The second kappa shape index (κ2) is 4.93. The molecule has 0 fully saturated rings. The van der Waals surface area contributed by atoms with E-state index in [4.69, 9.17) is 4.42 Å². The Morgan fingerprint density at radius 1 is 1.20 bits per heavy atom. The van der Waals surface area contributed by atoms with E-state index < -0.39 is 15.7 Å². The zero-order chi connectivity index (χ0) is 17.9. The standard InChI is InChI=1S/C14H10N6O5/c1-6-15-7-5-8(19(21)22)12-13(11(7)16-6)18(2)14(17-12)9-3-4-10(25-9)20(23)24/h3-6H,1-2H3. The largest absolute Gasteiger partial charge is 0.433 e. The molecule has 0 spiro atoms. The van der Waals surface area contributed by atoms with Gasteiger partial charge in [-0.05, 0) is 13.0 Å². The van der Waals surface area contributed by atoms with E-state index in [0.29, 0.717) is 16.2 Å². The number of furan rings is 1. The van der Waals surface area contributed by atoms with E-state index >= 15 is 0 Å². The Balaban J connectivity index is 2.08. The van der Waals surface area contributed by atoms with Crippen molar-refractivity contribution in [2.75, 3.05) is 0 Å². The maximum Gasteiger partial charge on any atom is 0.433 e. The van der Waals surface area contributed by atoms with Gasteiger partial charge in [-0.3, -0.25) is 30.2 Å². The summed E-state index contributed by atoms with van der Waals surface area (Å²) in [5.74, 6) is -0.0686. The lowest BCUT2D eigenvalue weighted by molar-refractivity contribution is -0.401. The molecule has 0 amide bonds. The minimum atomic E-state index is -0.664. The summed E-state index contributed by atoms with van der Waals surface area (Å²) in [4.78, 5) is 34.0. The van der Waals surface area contributed by atoms with Crippen LogP contribution in [0, 0.1) is 20.2 Å². The molecule has 1 atom stereocenters. The van der Waals surface area contributed by atoms with Crippen molar-refractivity contribution in [2.45, 2.75) is 13.1 Å². The van der Waals surface area contributed by atoms with Gasteiger partial charge in [-0.15, -0.1) is 0 Å². The van der Waals surface area contributed by atoms with Gasteiger partial charge in [0.1, 0.15) is 22.0 Å². The van der Waals surface area contributed by atoms with Crippen LogP contribution in [0.2, 0.25) is 0 Å². The minimum absolute atomic E-state index is 0.133. The Hall–Kier alpha value is -3.63. The number of rotatable bonds is 3. The molecule has 0 aliphatic carbocycles. The van der Waals surface area contributed by atoms with Gasteiger partial charge in [-0.2, -0.15) is 0 Å². The number of nitrogens with zero attached hydrogens (tertiary/aromatic N) is 6. The third-order valence-corrected chi connectivity index (χ3v) is 3.91. The first-order valence-corrected chi connectivity index (χ1v) is 7.21. The number of aromatic nitrogens is 2. The molecule has 0 N–H and O–H groups in total. The lowest BCUT2D eigenvalue weighted by atomic mass is 10.2. The number of aryl methyl sites for hydroxylation is 1. The summed E-state index contributed by atoms with van der Waals surface area (Å²) in [7, 11) is 1.64. The van der Waals surface area contributed by atoms with Crippen LogP contribution in [0.4, 0.5) is 11.6 Å². The maximum atomic E-state index is 11.4. The van der Waals surface area contributed by atoms with E-state index in [-0.39, 0.29) is 29.0 Å². The monoisotopic (exact) mass is 342 g/mol. The number of fused-ring (bicyclic) bond motifs is 3. The summed E-state index contributed by atoms with van der Waals surface area (Å²) in [6.45, 7) is 1.77. The Kier molecular flexibility index (Phi) is 2.94. The predicted molar refractivity (Wildman–Crippen MR) is 83.5 cm³/mol. The molecule has 3 aromatic rings. The lowest BCUT2D eigenvalue weighted by Crippen LogP contribution is -2.24. The molecular weight excluding hydrogens is 332 g/mol. The van der Waals surface area contributed by atoms with Crippen LogP contribution < -0.4 is 10.7 Å². The molecule has 0 saturated heterocycles. The molecule has 1 aliphatic heterocycles. The summed E-state index contributed by atoms with van der Waals surface area (Å²) in [6.07, 6.45) is -0.344. The Bertz CT molecular complexity index is 1190.